The number of aromatic hydroxyl groups is 1. The van der Waals surface area contributed by atoms with Crippen LogP contribution in [0.3, 0.4) is 0 Å². The minimum absolute atomic E-state index is 0.0220. The monoisotopic (exact) mass is 272 g/mol. The Bertz CT molecular complexity index is 608. The van der Waals surface area contributed by atoms with E-state index in [4.69, 9.17) is 0 Å². The number of phenols is 1. The number of fused-ring (bicyclic) bond motifs is 1. The average molecular weight is 272 g/mol. The van der Waals surface area contributed by atoms with Gasteiger partial charge in [-0.05, 0) is 50.0 Å². The van der Waals surface area contributed by atoms with E-state index in [2.05, 4.69) is 10.2 Å². The predicted octanol–water partition coefficient (Wildman–Crippen LogP) is 2.23. The van der Waals surface area contributed by atoms with Gasteiger partial charge in [-0.25, -0.2) is 0 Å². The Hall–Kier alpha value is -2.07. The van der Waals surface area contributed by atoms with Crippen LogP contribution in [0, 0.1) is 0 Å². The van der Waals surface area contributed by atoms with Gasteiger partial charge < -0.3 is 15.3 Å². The van der Waals surface area contributed by atoms with Crippen molar-refractivity contribution in [2.24, 2.45) is 0 Å². The highest BCUT2D eigenvalue weighted by Gasteiger charge is 2.11. The van der Waals surface area contributed by atoms with Crippen LogP contribution < -0.4 is 5.32 Å². The lowest BCUT2D eigenvalue weighted by Crippen LogP contribution is -2.27. The van der Waals surface area contributed by atoms with Gasteiger partial charge in [-0.2, -0.15) is 0 Å². The van der Waals surface area contributed by atoms with Crippen LogP contribution in [0.5, 0.6) is 5.75 Å². The first-order valence-electron chi connectivity index (χ1n) is 6.72. The molecule has 1 amide bonds. The lowest BCUT2D eigenvalue weighted by atomic mass is 10.1. The molecule has 4 heteroatoms. The molecule has 0 aliphatic rings. The van der Waals surface area contributed by atoms with E-state index in [0.717, 1.165) is 23.7 Å². The molecule has 0 saturated carbocycles. The van der Waals surface area contributed by atoms with Crippen LogP contribution in [0.25, 0.3) is 10.8 Å². The fraction of sp³-hybridized carbons (Fsp3) is 0.312. The summed E-state index contributed by atoms with van der Waals surface area (Å²) < 4.78 is 0. The highest BCUT2D eigenvalue weighted by atomic mass is 16.3. The van der Waals surface area contributed by atoms with Gasteiger partial charge in [0.2, 0.25) is 0 Å². The highest BCUT2D eigenvalue weighted by Crippen LogP contribution is 2.24. The zero-order chi connectivity index (χ0) is 14.5. The lowest BCUT2D eigenvalue weighted by Gasteiger charge is -2.11. The van der Waals surface area contributed by atoms with Crippen LogP contribution >= 0.6 is 0 Å². The standard InChI is InChI=1S/C16H20N2O2/c1-18(2)9-5-8-17-16(20)14-10-12-6-3-4-7-13(12)11-15(14)19/h3-4,6-7,10-11,19H,5,8-9H2,1-2H3,(H,17,20). The number of carbonyl (C=O) groups excluding carboxylic acids is 1. The first kappa shape index (κ1) is 14.3. The average Bonchev–Trinajstić information content (AvgIpc) is 2.42. The second-order valence-corrected chi connectivity index (χ2v) is 5.13. The fourth-order valence-corrected chi connectivity index (χ4v) is 2.10. The third-order valence-electron chi connectivity index (χ3n) is 3.18. The molecule has 0 atom stereocenters. The molecule has 4 nitrogen and oxygen atoms in total. The summed E-state index contributed by atoms with van der Waals surface area (Å²) in [5.74, 6) is -0.208. The molecule has 0 radical (unpaired) electrons. The van der Waals surface area contributed by atoms with Crippen LogP contribution in [0.1, 0.15) is 16.8 Å². The maximum Gasteiger partial charge on any atom is 0.255 e. The largest absolute Gasteiger partial charge is 0.507 e. The second-order valence-electron chi connectivity index (χ2n) is 5.13. The molecule has 0 unspecified atom stereocenters. The molecule has 0 aliphatic heterocycles. The van der Waals surface area contributed by atoms with E-state index >= 15 is 0 Å². The summed E-state index contributed by atoms with van der Waals surface area (Å²) in [6, 6.07) is 11.0. The van der Waals surface area contributed by atoms with Gasteiger partial charge in [-0.1, -0.05) is 24.3 Å². The van der Waals surface area contributed by atoms with E-state index in [1.165, 1.54) is 0 Å². The van der Waals surface area contributed by atoms with Crippen molar-refractivity contribution in [3.8, 4) is 5.75 Å². The molecule has 0 aliphatic carbocycles. The number of hydrogen-bond acceptors (Lipinski definition) is 3. The van der Waals surface area contributed by atoms with Crippen molar-refractivity contribution in [2.45, 2.75) is 6.42 Å². The number of rotatable bonds is 5. The summed E-state index contributed by atoms with van der Waals surface area (Å²) in [7, 11) is 3.99. The quantitative estimate of drug-likeness (QED) is 0.821. The van der Waals surface area contributed by atoms with Crippen LogP contribution in [-0.4, -0.2) is 43.1 Å². The van der Waals surface area contributed by atoms with E-state index in [-0.39, 0.29) is 11.7 Å². The summed E-state index contributed by atoms with van der Waals surface area (Å²) in [5.41, 5.74) is 0.327. The van der Waals surface area contributed by atoms with Gasteiger partial charge in [0.25, 0.3) is 5.91 Å². The van der Waals surface area contributed by atoms with Crippen LogP contribution in [0.2, 0.25) is 0 Å². The predicted molar refractivity (Wildman–Crippen MR) is 81.1 cm³/mol. The van der Waals surface area contributed by atoms with Crippen molar-refractivity contribution in [2.75, 3.05) is 27.2 Å². The fourth-order valence-electron chi connectivity index (χ4n) is 2.10. The molecule has 2 aromatic carbocycles. The van der Waals surface area contributed by atoms with Gasteiger partial charge in [-0.3, -0.25) is 4.79 Å². The van der Waals surface area contributed by atoms with Gasteiger partial charge in [0.15, 0.2) is 0 Å². The van der Waals surface area contributed by atoms with Gasteiger partial charge in [0.05, 0.1) is 5.56 Å². The molecule has 0 spiro atoms. The van der Waals surface area contributed by atoms with E-state index in [0.29, 0.717) is 12.1 Å². The van der Waals surface area contributed by atoms with E-state index in [1.807, 2.05) is 38.4 Å². The number of phenolic OH excluding ortho intramolecular Hbond substituents is 1. The Labute approximate surface area is 119 Å². The van der Waals surface area contributed by atoms with Gasteiger partial charge in [-0.15, -0.1) is 0 Å². The third kappa shape index (κ3) is 3.48. The van der Waals surface area contributed by atoms with Crippen molar-refractivity contribution < 1.29 is 9.90 Å². The number of carbonyl (C=O) groups is 1. The topological polar surface area (TPSA) is 52.6 Å². The Morgan fingerprint density at radius 3 is 2.50 bits per heavy atom. The summed E-state index contributed by atoms with van der Waals surface area (Å²) in [6.07, 6.45) is 0.882. The second kappa shape index (κ2) is 6.39. The Balaban J connectivity index is 2.07. The highest BCUT2D eigenvalue weighted by molar-refractivity contribution is 6.01. The van der Waals surface area contributed by atoms with Gasteiger partial charge in [0.1, 0.15) is 5.75 Å². The molecule has 2 N–H and O–H groups in total. The smallest absolute Gasteiger partial charge is 0.255 e. The normalized spacial score (nSPS) is 10.9. The van der Waals surface area contributed by atoms with Gasteiger partial charge >= 0.3 is 0 Å². The van der Waals surface area contributed by atoms with Gasteiger partial charge in [0, 0.05) is 6.54 Å². The van der Waals surface area contributed by atoms with Crippen molar-refractivity contribution in [1.82, 2.24) is 10.2 Å². The molecule has 0 saturated heterocycles. The minimum atomic E-state index is -0.230. The van der Waals surface area contributed by atoms with Crippen LogP contribution in [0.4, 0.5) is 0 Å². The molecule has 0 bridgehead atoms. The zero-order valence-electron chi connectivity index (χ0n) is 11.9. The van der Waals surface area contributed by atoms with E-state index < -0.39 is 0 Å². The molecule has 0 aromatic heterocycles. The van der Waals surface area contributed by atoms with Crippen LogP contribution in [0.15, 0.2) is 36.4 Å². The number of amides is 1. The Morgan fingerprint density at radius 2 is 1.85 bits per heavy atom. The first-order valence-corrected chi connectivity index (χ1v) is 6.72. The van der Waals surface area contributed by atoms with Crippen molar-refractivity contribution in [1.29, 1.82) is 0 Å². The SMILES string of the molecule is CN(C)CCCNC(=O)c1cc2ccccc2cc1O. The molecule has 0 heterocycles. The van der Waals surface area contributed by atoms with Crippen molar-refractivity contribution >= 4 is 16.7 Å². The number of benzene rings is 2. The minimum Gasteiger partial charge on any atom is -0.507 e. The molecule has 20 heavy (non-hydrogen) atoms. The van der Waals surface area contributed by atoms with Crippen molar-refractivity contribution in [3.63, 3.8) is 0 Å². The zero-order valence-corrected chi connectivity index (χ0v) is 11.9. The first-order chi connectivity index (χ1) is 9.58. The molecule has 0 fully saturated rings. The summed E-state index contributed by atoms with van der Waals surface area (Å²) >= 11 is 0. The number of nitrogens with one attached hydrogen (secondary N) is 1. The summed E-state index contributed by atoms with van der Waals surface area (Å²) in [4.78, 5) is 14.1. The van der Waals surface area contributed by atoms with E-state index in [9.17, 15) is 9.90 Å². The molecular weight excluding hydrogens is 252 g/mol. The van der Waals surface area contributed by atoms with Crippen molar-refractivity contribution in [3.05, 3.63) is 42.0 Å². The molecule has 2 rings (SSSR count). The summed E-state index contributed by atoms with van der Waals surface area (Å²) in [6.45, 7) is 1.52. The third-order valence-corrected chi connectivity index (χ3v) is 3.18. The lowest BCUT2D eigenvalue weighted by molar-refractivity contribution is 0.0950. The number of nitrogens with zero attached hydrogens (tertiary/aromatic N) is 1. The number of hydrogen-bond donors (Lipinski definition) is 2. The summed E-state index contributed by atoms with van der Waals surface area (Å²) in [5, 5.41) is 14.7. The molecule has 2 aromatic rings. The Kier molecular flexibility index (Phi) is 4.58. The van der Waals surface area contributed by atoms with E-state index in [1.54, 1.807) is 12.1 Å². The Morgan fingerprint density at radius 1 is 1.20 bits per heavy atom. The maximum atomic E-state index is 12.1. The van der Waals surface area contributed by atoms with Crippen LogP contribution in [-0.2, 0) is 0 Å². The maximum absolute atomic E-state index is 12.1. The molecule has 106 valence electrons. The molecular formula is C16H20N2O2.